The Morgan fingerprint density at radius 3 is 1.75 bits per heavy atom. The first-order valence-electron chi connectivity index (χ1n) is 12.2. The zero-order valence-corrected chi connectivity index (χ0v) is 19.7. The lowest BCUT2D eigenvalue weighted by atomic mass is 9.42. The van der Waals surface area contributed by atoms with Gasteiger partial charge in [0.25, 0.3) is 0 Å². The van der Waals surface area contributed by atoms with Crippen LogP contribution in [0.15, 0.2) is 103 Å². The van der Waals surface area contributed by atoms with Crippen molar-refractivity contribution in [2.75, 3.05) is 4.90 Å². The average Bonchev–Trinajstić information content (AvgIpc) is 3.21. The molecule has 2 bridgehead atoms. The molecule has 2 atom stereocenters. The van der Waals surface area contributed by atoms with Gasteiger partial charge in [-0.25, -0.2) is 4.90 Å². The minimum atomic E-state index is -1.21. The van der Waals surface area contributed by atoms with Crippen LogP contribution in [0.25, 0.3) is 11.1 Å². The standard InChI is InChI=1S/C32H23NO3/c1-31-22-14-6-8-16-24(22)32(19-34,25-17-9-7-15-23(25)31)28-27(31)29(35)33(30(28)36)26-18-10-5-13-21(26)20-11-3-2-4-12-20/h2-19,27-28H,1H3/t27-,28-,31?,32?/m0/s1. The smallest absolute Gasteiger partial charge is 0.239 e. The highest BCUT2D eigenvalue weighted by molar-refractivity contribution is 6.26. The fourth-order valence-electron chi connectivity index (χ4n) is 7.23. The topological polar surface area (TPSA) is 54.5 Å². The number of aldehydes is 1. The number of para-hydroxylation sites is 1. The van der Waals surface area contributed by atoms with E-state index < -0.39 is 22.7 Å². The molecule has 0 unspecified atom stereocenters. The fourth-order valence-corrected chi connectivity index (χ4v) is 7.23. The van der Waals surface area contributed by atoms with Gasteiger partial charge in [0.15, 0.2) is 0 Å². The van der Waals surface area contributed by atoms with Crippen LogP contribution in [0.1, 0.15) is 29.2 Å². The summed E-state index contributed by atoms with van der Waals surface area (Å²) in [5.74, 6) is -2.04. The van der Waals surface area contributed by atoms with Gasteiger partial charge in [0.05, 0.1) is 22.9 Å². The van der Waals surface area contributed by atoms with Crippen molar-refractivity contribution in [1.82, 2.24) is 0 Å². The second-order valence-corrected chi connectivity index (χ2v) is 10.1. The first-order chi connectivity index (χ1) is 17.5. The summed E-state index contributed by atoms with van der Waals surface area (Å²) in [5, 5.41) is 0. The molecular weight excluding hydrogens is 446 g/mol. The van der Waals surface area contributed by atoms with Gasteiger partial charge in [-0.05, 0) is 33.9 Å². The van der Waals surface area contributed by atoms with Gasteiger partial charge in [0, 0.05) is 11.0 Å². The number of hydrogen-bond acceptors (Lipinski definition) is 3. The van der Waals surface area contributed by atoms with Crippen LogP contribution >= 0.6 is 0 Å². The fraction of sp³-hybridized carbons (Fsp3) is 0.156. The van der Waals surface area contributed by atoms with E-state index in [-0.39, 0.29) is 11.8 Å². The van der Waals surface area contributed by atoms with Crippen LogP contribution in [-0.4, -0.2) is 18.1 Å². The van der Waals surface area contributed by atoms with Crippen molar-refractivity contribution in [1.29, 1.82) is 0 Å². The van der Waals surface area contributed by atoms with Crippen LogP contribution in [0.5, 0.6) is 0 Å². The average molecular weight is 470 g/mol. The number of benzene rings is 4. The molecule has 4 aliphatic rings. The van der Waals surface area contributed by atoms with Gasteiger partial charge >= 0.3 is 0 Å². The lowest BCUT2D eigenvalue weighted by Gasteiger charge is -2.56. The third-order valence-electron chi connectivity index (χ3n) is 8.70. The van der Waals surface area contributed by atoms with E-state index in [1.165, 1.54) is 4.90 Å². The van der Waals surface area contributed by atoms with Crippen molar-refractivity contribution in [2.45, 2.75) is 17.8 Å². The molecule has 8 rings (SSSR count). The molecule has 174 valence electrons. The number of carbonyl (C=O) groups excluding carboxylic acids is 3. The lowest BCUT2D eigenvalue weighted by molar-refractivity contribution is -0.129. The zero-order chi connectivity index (χ0) is 24.7. The monoisotopic (exact) mass is 469 g/mol. The second-order valence-electron chi connectivity index (χ2n) is 10.1. The SMILES string of the molecule is CC12c3ccccc3C(C=O)(c3ccccc31)[C@@H]1C(=O)N(c3ccccc3-c3ccccc3)C(=O)[C@H]12. The molecule has 3 aliphatic carbocycles. The highest BCUT2D eigenvalue weighted by Gasteiger charge is 2.72. The first-order valence-corrected chi connectivity index (χ1v) is 12.2. The Labute approximate surface area is 209 Å². The Balaban J connectivity index is 1.51. The number of imide groups is 1. The number of rotatable bonds is 3. The molecule has 0 aromatic heterocycles. The van der Waals surface area contributed by atoms with E-state index in [0.717, 1.165) is 39.7 Å². The molecule has 0 spiro atoms. The Hall–Kier alpha value is -4.31. The predicted molar refractivity (Wildman–Crippen MR) is 138 cm³/mol. The van der Waals surface area contributed by atoms with Crippen LogP contribution in [0, 0.1) is 11.8 Å². The molecule has 4 nitrogen and oxygen atoms in total. The third kappa shape index (κ3) is 2.27. The molecular formula is C32H23NO3. The molecule has 0 N–H and O–H groups in total. The Morgan fingerprint density at radius 1 is 0.639 bits per heavy atom. The Bertz CT molecular complexity index is 1540. The Kier molecular flexibility index (Phi) is 4.15. The van der Waals surface area contributed by atoms with Crippen LogP contribution in [0.2, 0.25) is 0 Å². The van der Waals surface area contributed by atoms with Crippen molar-refractivity contribution in [3.8, 4) is 11.1 Å². The van der Waals surface area contributed by atoms with Gasteiger partial charge in [-0.3, -0.25) is 9.59 Å². The van der Waals surface area contributed by atoms with E-state index in [2.05, 4.69) is 6.92 Å². The zero-order valence-electron chi connectivity index (χ0n) is 19.7. The maximum Gasteiger partial charge on any atom is 0.239 e. The van der Waals surface area contributed by atoms with E-state index in [9.17, 15) is 14.4 Å². The maximum absolute atomic E-state index is 14.4. The van der Waals surface area contributed by atoms with Gasteiger partial charge in [0.1, 0.15) is 6.29 Å². The number of nitrogens with zero attached hydrogens (tertiary/aromatic N) is 1. The van der Waals surface area contributed by atoms with E-state index in [1.54, 1.807) is 0 Å². The normalized spacial score (nSPS) is 27.4. The van der Waals surface area contributed by atoms with E-state index in [4.69, 9.17) is 0 Å². The van der Waals surface area contributed by atoms with Gasteiger partial charge in [-0.15, -0.1) is 0 Å². The summed E-state index contributed by atoms with van der Waals surface area (Å²) in [4.78, 5) is 43.4. The summed E-state index contributed by atoms with van der Waals surface area (Å²) in [6, 6.07) is 32.9. The number of anilines is 1. The van der Waals surface area contributed by atoms with E-state index >= 15 is 0 Å². The van der Waals surface area contributed by atoms with Gasteiger partial charge < -0.3 is 4.79 Å². The molecule has 4 aromatic carbocycles. The molecule has 36 heavy (non-hydrogen) atoms. The molecule has 0 radical (unpaired) electrons. The molecule has 1 heterocycles. The summed E-state index contributed by atoms with van der Waals surface area (Å²) < 4.78 is 0. The van der Waals surface area contributed by atoms with Crippen molar-refractivity contribution in [2.24, 2.45) is 11.8 Å². The summed E-state index contributed by atoms with van der Waals surface area (Å²) in [6.07, 6.45) is 0.916. The second kappa shape index (κ2) is 7.11. The van der Waals surface area contributed by atoms with Crippen molar-refractivity contribution < 1.29 is 14.4 Å². The summed E-state index contributed by atoms with van der Waals surface area (Å²) >= 11 is 0. The van der Waals surface area contributed by atoms with Crippen molar-refractivity contribution in [3.05, 3.63) is 125 Å². The molecule has 1 fully saturated rings. The van der Waals surface area contributed by atoms with Gasteiger partial charge in [-0.2, -0.15) is 0 Å². The molecule has 1 saturated heterocycles. The van der Waals surface area contributed by atoms with Crippen molar-refractivity contribution in [3.63, 3.8) is 0 Å². The number of hydrogen-bond donors (Lipinski definition) is 0. The maximum atomic E-state index is 14.4. The highest BCUT2D eigenvalue weighted by atomic mass is 16.2. The van der Waals surface area contributed by atoms with Crippen molar-refractivity contribution >= 4 is 23.8 Å². The molecule has 1 aliphatic heterocycles. The molecule has 4 aromatic rings. The summed E-state index contributed by atoms with van der Waals surface area (Å²) in [6.45, 7) is 2.06. The van der Waals surface area contributed by atoms with Crippen LogP contribution in [0.3, 0.4) is 0 Å². The van der Waals surface area contributed by atoms with Gasteiger partial charge in [-0.1, -0.05) is 104 Å². The minimum Gasteiger partial charge on any atom is -0.302 e. The summed E-state index contributed by atoms with van der Waals surface area (Å²) in [5.41, 5.74) is 3.94. The first kappa shape index (κ1) is 21.0. The third-order valence-corrected chi connectivity index (χ3v) is 8.70. The molecule has 2 amide bonds. The molecule has 0 saturated carbocycles. The lowest BCUT2D eigenvalue weighted by Crippen LogP contribution is -2.61. The molecule has 4 heteroatoms. The summed E-state index contributed by atoms with van der Waals surface area (Å²) in [7, 11) is 0. The number of carbonyl (C=O) groups is 3. The van der Waals surface area contributed by atoms with Crippen LogP contribution < -0.4 is 4.90 Å². The number of amides is 2. The van der Waals surface area contributed by atoms with E-state index in [1.807, 2.05) is 103 Å². The minimum absolute atomic E-state index is 0.244. The van der Waals surface area contributed by atoms with E-state index in [0.29, 0.717) is 5.69 Å². The quantitative estimate of drug-likeness (QED) is 0.303. The van der Waals surface area contributed by atoms with Gasteiger partial charge in [0.2, 0.25) is 11.8 Å². The van der Waals surface area contributed by atoms with Crippen LogP contribution in [-0.2, 0) is 25.2 Å². The largest absolute Gasteiger partial charge is 0.302 e. The highest BCUT2D eigenvalue weighted by Crippen LogP contribution is 2.66. The Morgan fingerprint density at radius 2 is 1.14 bits per heavy atom. The predicted octanol–water partition coefficient (Wildman–Crippen LogP) is 5.28. The van der Waals surface area contributed by atoms with Crippen LogP contribution in [0.4, 0.5) is 5.69 Å².